The molecule has 2 aliphatic rings. The lowest BCUT2D eigenvalue weighted by Gasteiger charge is -2.33. The van der Waals surface area contributed by atoms with E-state index in [0.717, 1.165) is 47.6 Å². The van der Waals surface area contributed by atoms with Crippen molar-refractivity contribution in [2.45, 2.75) is 32.7 Å². The van der Waals surface area contributed by atoms with Crippen molar-refractivity contribution < 1.29 is 9.59 Å². The highest BCUT2D eigenvalue weighted by atomic mass is 16.2. The van der Waals surface area contributed by atoms with Crippen LogP contribution in [0.4, 0.5) is 17.1 Å². The second kappa shape index (κ2) is 5.92. The minimum Gasteiger partial charge on any atom is -0.358 e. The maximum Gasteiger partial charge on any atom is 0.255 e. The van der Waals surface area contributed by atoms with E-state index in [-0.39, 0.29) is 17.9 Å². The molecular weight excluding hydrogens is 314 g/mol. The number of aryl methyl sites for hydroxylation is 2. The summed E-state index contributed by atoms with van der Waals surface area (Å²) >= 11 is 0. The van der Waals surface area contributed by atoms with Crippen molar-refractivity contribution in [2.75, 3.05) is 22.1 Å². The van der Waals surface area contributed by atoms with Crippen molar-refractivity contribution in [3.63, 3.8) is 0 Å². The Kier molecular flexibility index (Phi) is 3.71. The second-order valence-corrected chi connectivity index (χ2v) is 6.85. The molecule has 2 N–H and O–H groups in total. The first-order chi connectivity index (χ1) is 12.0. The Balaban J connectivity index is 1.61. The standard InChI is InChI=1S/C20H21N3O2/c1-12-5-6-13(2)15(10-12)21-19(24)14-7-8-17-16(11-14)22-20(25)18-4-3-9-23(17)18/h5-8,10-11,18H,3-4,9H2,1-2H3,(H,21,24)(H,22,25)/t18-/m1/s1. The van der Waals surface area contributed by atoms with Crippen LogP contribution in [0, 0.1) is 13.8 Å². The molecular formula is C20H21N3O2. The SMILES string of the molecule is Cc1ccc(C)c(NC(=O)c2ccc3c(c2)NC(=O)[C@H]2CCCN32)c1. The third kappa shape index (κ3) is 2.76. The quantitative estimate of drug-likeness (QED) is 0.883. The first-order valence-corrected chi connectivity index (χ1v) is 8.63. The van der Waals surface area contributed by atoms with Crippen molar-refractivity contribution in [1.82, 2.24) is 0 Å². The number of benzene rings is 2. The maximum absolute atomic E-state index is 12.6. The van der Waals surface area contributed by atoms with Gasteiger partial charge in [0.1, 0.15) is 6.04 Å². The van der Waals surface area contributed by atoms with Crippen LogP contribution in [0.2, 0.25) is 0 Å². The molecule has 5 nitrogen and oxygen atoms in total. The topological polar surface area (TPSA) is 61.4 Å². The Bertz CT molecular complexity index is 875. The summed E-state index contributed by atoms with van der Waals surface area (Å²) in [5.41, 5.74) is 5.19. The average molecular weight is 335 g/mol. The van der Waals surface area contributed by atoms with E-state index in [1.54, 1.807) is 6.07 Å². The first-order valence-electron chi connectivity index (χ1n) is 8.63. The fourth-order valence-electron chi connectivity index (χ4n) is 3.64. The van der Waals surface area contributed by atoms with E-state index in [2.05, 4.69) is 15.5 Å². The zero-order valence-corrected chi connectivity index (χ0v) is 14.4. The van der Waals surface area contributed by atoms with Crippen molar-refractivity contribution >= 4 is 28.9 Å². The van der Waals surface area contributed by atoms with Crippen LogP contribution in [-0.2, 0) is 4.79 Å². The Hall–Kier alpha value is -2.82. The molecule has 4 rings (SSSR count). The molecule has 0 aromatic heterocycles. The molecule has 128 valence electrons. The van der Waals surface area contributed by atoms with E-state index in [9.17, 15) is 9.59 Å². The number of amides is 2. The van der Waals surface area contributed by atoms with Gasteiger partial charge in [0.05, 0.1) is 11.4 Å². The molecule has 2 amide bonds. The Morgan fingerprint density at radius 3 is 2.88 bits per heavy atom. The number of carbonyl (C=O) groups is 2. The van der Waals surface area contributed by atoms with E-state index in [4.69, 9.17) is 0 Å². The number of hydrogen-bond acceptors (Lipinski definition) is 3. The Morgan fingerprint density at radius 2 is 2.04 bits per heavy atom. The number of fused-ring (bicyclic) bond motifs is 3. The predicted molar refractivity (Wildman–Crippen MR) is 99.3 cm³/mol. The number of nitrogens with one attached hydrogen (secondary N) is 2. The molecule has 0 bridgehead atoms. The summed E-state index contributed by atoms with van der Waals surface area (Å²) in [6, 6.07) is 11.4. The lowest BCUT2D eigenvalue weighted by Crippen LogP contribution is -2.43. The third-order valence-electron chi connectivity index (χ3n) is 5.02. The molecule has 0 radical (unpaired) electrons. The van der Waals surface area contributed by atoms with Gasteiger partial charge in [0.25, 0.3) is 5.91 Å². The van der Waals surface area contributed by atoms with Crippen molar-refractivity contribution in [3.05, 3.63) is 53.1 Å². The van der Waals surface area contributed by atoms with E-state index < -0.39 is 0 Å². The van der Waals surface area contributed by atoms with E-state index >= 15 is 0 Å². The highest BCUT2D eigenvalue weighted by Crippen LogP contribution is 2.37. The highest BCUT2D eigenvalue weighted by molar-refractivity contribution is 6.09. The van der Waals surface area contributed by atoms with Gasteiger partial charge in [-0.1, -0.05) is 12.1 Å². The van der Waals surface area contributed by atoms with Gasteiger partial charge in [-0.3, -0.25) is 9.59 Å². The fourth-order valence-corrected chi connectivity index (χ4v) is 3.64. The summed E-state index contributed by atoms with van der Waals surface area (Å²) in [4.78, 5) is 27.0. The number of carbonyl (C=O) groups excluding carboxylic acids is 2. The van der Waals surface area contributed by atoms with Gasteiger partial charge in [0, 0.05) is 17.8 Å². The summed E-state index contributed by atoms with van der Waals surface area (Å²) in [5.74, 6) is -0.147. The minimum absolute atomic E-state index is 0.0251. The largest absolute Gasteiger partial charge is 0.358 e. The van der Waals surface area contributed by atoms with Crippen LogP contribution in [0.15, 0.2) is 36.4 Å². The number of nitrogens with zero attached hydrogens (tertiary/aromatic N) is 1. The predicted octanol–water partition coefficient (Wildman–Crippen LogP) is 3.48. The van der Waals surface area contributed by atoms with Gasteiger partial charge < -0.3 is 15.5 Å². The number of hydrogen-bond donors (Lipinski definition) is 2. The lowest BCUT2D eigenvalue weighted by atomic mass is 10.1. The van der Waals surface area contributed by atoms with Gasteiger partial charge in [0.2, 0.25) is 5.91 Å². The molecule has 2 aromatic rings. The minimum atomic E-state index is -0.172. The van der Waals surface area contributed by atoms with Crippen molar-refractivity contribution in [2.24, 2.45) is 0 Å². The molecule has 1 atom stereocenters. The average Bonchev–Trinajstić information content (AvgIpc) is 3.08. The molecule has 0 unspecified atom stereocenters. The monoisotopic (exact) mass is 335 g/mol. The summed E-state index contributed by atoms with van der Waals surface area (Å²) < 4.78 is 0. The molecule has 0 saturated carbocycles. The van der Waals surface area contributed by atoms with Crippen molar-refractivity contribution in [3.8, 4) is 0 Å². The zero-order valence-electron chi connectivity index (χ0n) is 14.4. The number of anilines is 3. The lowest BCUT2D eigenvalue weighted by molar-refractivity contribution is -0.117. The van der Waals surface area contributed by atoms with Crippen LogP contribution in [0.1, 0.15) is 34.3 Å². The van der Waals surface area contributed by atoms with Crippen molar-refractivity contribution in [1.29, 1.82) is 0 Å². The van der Waals surface area contributed by atoms with Gasteiger partial charge in [-0.15, -0.1) is 0 Å². The molecule has 2 aliphatic heterocycles. The van der Waals surface area contributed by atoms with Crippen LogP contribution in [0.5, 0.6) is 0 Å². The smallest absolute Gasteiger partial charge is 0.255 e. The second-order valence-electron chi connectivity index (χ2n) is 6.85. The summed E-state index contributed by atoms with van der Waals surface area (Å²) in [7, 11) is 0. The summed E-state index contributed by atoms with van der Waals surface area (Å²) in [6.07, 6.45) is 1.91. The summed E-state index contributed by atoms with van der Waals surface area (Å²) in [6.45, 7) is 4.85. The third-order valence-corrected chi connectivity index (χ3v) is 5.02. The molecule has 0 spiro atoms. The van der Waals surface area contributed by atoms with E-state index in [1.807, 2.05) is 44.2 Å². The van der Waals surface area contributed by atoms with Gasteiger partial charge >= 0.3 is 0 Å². The molecule has 2 heterocycles. The molecule has 1 fully saturated rings. The van der Waals surface area contributed by atoms with E-state index in [0.29, 0.717) is 5.56 Å². The summed E-state index contributed by atoms with van der Waals surface area (Å²) in [5, 5.41) is 5.92. The fraction of sp³-hybridized carbons (Fsp3) is 0.300. The van der Waals surface area contributed by atoms with Crippen LogP contribution < -0.4 is 15.5 Å². The molecule has 1 saturated heterocycles. The Labute approximate surface area is 147 Å². The maximum atomic E-state index is 12.6. The Morgan fingerprint density at radius 1 is 1.20 bits per heavy atom. The van der Waals surface area contributed by atoms with Crippen LogP contribution in [0.3, 0.4) is 0 Å². The van der Waals surface area contributed by atoms with E-state index in [1.165, 1.54) is 0 Å². The molecule has 5 heteroatoms. The van der Waals surface area contributed by atoms with Gasteiger partial charge in [-0.05, 0) is 62.1 Å². The van der Waals surface area contributed by atoms with Gasteiger partial charge in [-0.25, -0.2) is 0 Å². The molecule has 25 heavy (non-hydrogen) atoms. The molecule has 2 aromatic carbocycles. The number of rotatable bonds is 2. The van der Waals surface area contributed by atoms with Gasteiger partial charge in [-0.2, -0.15) is 0 Å². The van der Waals surface area contributed by atoms with Gasteiger partial charge in [0.15, 0.2) is 0 Å². The first kappa shape index (κ1) is 15.7. The molecule has 0 aliphatic carbocycles. The van der Waals surface area contributed by atoms with Crippen LogP contribution >= 0.6 is 0 Å². The normalized spacial score (nSPS) is 18.4. The van der Waals surface area contributed by atoms with Crippen LogP contribution in [-0.4, -0.2) is 24.4 Å². The highest BCUT2D eigenvalue weighted by Gasteiger charge is 2.36. The zero-order chi connectivity index (χ0) is 17.6. The van der Waals surface area contributed by atoms with Crippen LogP contribution in [0.25, 0.3) is 0 Å².